The third-order valence-corrected chi connectivity index (χ3v) is 5.69. The van der Waals surface area contributed by atoms with Crippen LogP contribution in [0.4, 0.5) is 0 Å². The molecule has 0 saturated heterocycles. The van der Waals surface area contributed by atoms with Crippen molar-refractivity contribution in [1.29, 1.82) is 0 Å². The summed E-state index contributed by atoms with van der Waals surface area (Å²) < 4.78 is 21.3. The molecule has 3 aromatic rings. The molecule has 3 aromatic carbocycles. The van der Waals surface area contributed by atoms with Crippen molar-refractivity contribution in [3.63, 3.8) is 0 Å². The standard InChI is InChI=1S/C29H32N4O6/c1-36-23-14-13-20(16-25(23)38-3)17-26(34)33-29(30)32-22(15-19-9-6-5-7-10-19)28(35)31-18-21-11-8-12-24(37-2)27(21)39-4/h5-14,16H,15,17-18H2,1-4H3,(H,31,35)(H2,30,33,34). The van der Waals surface area contributed by atoms with Crippen LogP contribution in [0.2, 0.25) is 0 Å². The van der Waals surface area contributed by atoms with E-state index in [-0.39, 0.29) is 31.1 Å². The minimum Gasteiger partial charge on any atom is -0.493 e. The Balaban J connectivity index is 1.80. The van der Waals surface area contributed by atoms with Crippen LogP contribution in [0.25, 0.3) is 0 Å². The lowest BCUT2D eigenvalue weighted by Crippen LogP contribution is -2.33. The van der Waals surface area contributed by atoms with Gasteiger partial charge in [-0.1, -0.05) is 48.5 Å². The van der Waals surface area contributed by atoms with Crippen LogP contribution in [0.5, 0.6) is 23.0 Å². The van der Waals surface area contributed by atoms with Gasteiger partial charge in [-0.2, -0.15) is 4.99 Å². The lowest BCUT2D eigenvalue weighted by Gasteiger charge is -2.14. The van der Waals surface area contributed by atoms with Crippen LogP contribution >= 0.6 is 0 Å². The first-order valence-corrected chi connectivity index (χ1v) is 12.1. The van der Waals surface area contributed by atoms with Crippen LogP contribution in [-0.2, 0) is 29.0 Å². The van der Waals surface area contributed by atoms with Gasteiger partial charge in [0.05, 0.1) is 34.9 Å². The molecule has 3 rings (SSSR count). The molecule has 0 radical (unpaired) electrons. The average Bonchev–Trinajstić information content (AvgIpc) is 2.95. The first kappa shape index (κ1) is 28.7. The van der Waals surface area contributed by atoms with Crippen molar-refractivity contribution in [2.75, 3.05) is 28.4 Å². The minimum absolute atomic E-state index is 0.0353. The highest BCUT2D eigenvalue weighted by molar-refractivity contribution is 6.41. The Morgan fingerprint density at radius 3 is 2.13 bits per heavy atom. The molecule has 0 fully saturated rings. The molecule has 3 N–H and O–H groups in total. The smallest absolute Gasteiger partial charge is 0.266 e. The highest BCUT2D eigenvalue weighted by Crippen LogP contribution is 2.30. The van der Waals surface area contributed by atoms with Crippen molar-refractivity contribution in [3.05, 3.63) is 83.4 Å². The van der Waals surface area contributed by atoms with Crippen LogP contribution in [0.15, 0.2) is 76.7 Å². The third kappa shape index (κ3) is 8.06. The number of carbonyl (C=O) groups excluding carboxylic acids is 2. The quantitative estimate of drug-likeness (QED) is 0.286. The van der Waals surface area contributed by atoms with Crippen molar-refractivity contribution < 1.29 is 28.5 Å². The summed E-state index contributed by atoms with van der Waals surface area (Å²) in [6.07, 6.45) is 0.147. The number of methoxy groups -OCH3 is 4. The molecule has 0 saturated carbocycles. The molecule has 0 aliphatic heterocycles. The lowest BCUT2D eigenvalue weighted by atomic mass is 10.1. The van der Waals surface area contributed by atoms with Crippen molar-refractivity contribution in [2.24, 2.45) is 15.7 Å². The van der Waals surface area contributed by atoms with Gasteiger partial charge in [-0.15, -0.1) is 0 Å². The van der Waals surface area contributed by atoms with Gasteiger partial charge in [-0.25, -0.2) is 4.99 Å². The highest BCUT2D eigenvalue weighted by Gasteiger charge is 2.16. The van der Waals surface area contributed by atoms with E-state index in [1.807, 2.05) is 36.4 Å². The second-order valence-electron chi connectivity index (χ2n) is 8.29. The van der Waals surface area contributed by atoms with Crippen molar-refractivity contribution in [1.82, 2.24) is 5.32 Å². The lowest BCUT2D eigenvalue weighted by molar-refractivity contribution is -0.117. The van der Waals surface area contributed by atoms with Gasteiger partial charge in [0.2, 0.25) is 5.96 Å². The number of nitrogens with zero attached hydrogens (tertiary/aromatic N) is 2. The molecule has 0 atom stereocenters. The van der Waals surface area contributed by atoms with Crippen molar-refractivity contribution in [3.8, 4) is 23.0 Å². The first-order chi connectivity index (χ1) is 18.9. The number of ether oxygens (including phenoxy) is 4. The number of amides is 2. The van der Waals surface area contributed by atoms with E-state index < -0.39 is 11.8 Å². The van der Waals surface area contributed by atoms with E-state index in [1.54, 1.807) is 37.4 Å². The van der Waals surface area contributed by atoms with E-state index >= 15 is 0 Å². The third-order valence-electron chi connectivity index (χ3n) is 5.69. The van der Waals surface area contributed by atoms with E-state index in [0.717, 1.165) is 11.1 Å². The van der Waals surface area contributed by atoms with Crippen molar-refractivity contribution in [2.45, 2.75) is 19.4 Å². The number of rotatable bonds is 11. The molecule has 0 aromatic heterocycles. The number of benzene rings is 3. The number of para-hydroxylation sites is 1. The largest absolute Gasteiger partial charge is 0.493 e. The number of hydrogen-bond acceptors (Lipinski definition) is 6. The topological polar surface area (TPSA) is 134 Å². The Kier molecular flexibility index (Phi) is 10.4. The summed E-state index contributed by atoms with van der Waals surface area (Å²) in [6, 6.07) is 19.8. The second-order valence-corrected chi connectivity index (χ2v) is 8.29. The number of nitrogens with one attached hydrogen (secondary N) is 1. The Morgan fingerprint density at radius 2 is 1.46 bits per heavy atom. The molecule has 0 aliphatic rings. The maximum Gasteiger partial charge on any atom is 0.266 e. The van der Waals surface area contributed by atoms with Crippen LogP contribution in [0.1, 0.15) is 16.7 Å². The van der Waals surface area contributed by atoms with E-state index in [1.165, 1.54) is 21.3 Å². The molecule has 2 amide bonds. The van der Waals surface area contributed by atoms with Gasteiger partial charge in [-0.3, -0.25) is 9.59 Å². The molecule has 10 nitrogen and oxygen atoms in total. The molecular weight excluding hydrogens is 500 g/mol. The number of nitrogens with two attached hydrogens (primary N) is 1. The SMILES string of the molecule is COc1ccc(CC(=O)N=C(N)N=C(Cc2ccccc2)C(=O)NCc2cccc(OC)c2OC)cc1OC. The molecule has 0 spiro atoms. The fourth-order valence-electron chi connectivity index (χ4n) is 3.83. The summed E-state index contributed by atoms with van der Waals surface area (Å²) in [7, 11) is 6.11. The predicted octanol–water partition coefficient (Wildman–Crippen LogP) is 3.10. The van der Waals surface area contributed by atoms with E-state index in [4.69, 9.17) is 24.7 Å². The van der Waals surface area contributed by atoms with Crippen LogP contribution in [0.3, 0.4) is 0 Å². The van der Waals surface area contributed by atoms with Gasteiger partial charge in [0, 0.05) is 18.5 Å². The van der Waals surface area contributed by atoms with Gasteiger partial charge in [-0.05, 0) is 29.3 Å². The van der Waals surface area contributed by atoms with Gasteiger partial charge in [0.1, 0.15) is 5.71 Å². The fraction of sp³-hybridized carbons (Fsp3) is 0.241. The zero-order chi connectivity index (χ0) is 28.2. The monoisotopic (exact) mass is 532 g/mol. The molecule has 0 heterocycles. The van der Waals surface area contributed by atoms with Gasteiger partial charge in [0.15, 0.2) is 23.0 Å². The fourth-order valence-corrected chi connectivity index (χ4v) is 3.83. The van der Waals surface area contributed by atoms with E-state index in [9.17, 15) is 9.59 Å². The molecule has 0 unspecified atom stereocenters. The van der Waals surface area contributed by atoms with Crippen LogP contribution < -0.4 is 30.0 Å². The van der Waals surface area contributed by atoms with Gasteiger partial charge in [0.25, 0.3) is 11.8 Å². The Morgan fingerprint density at radius 1 is 0.744 bits per heavy atom. The van der Waals surface area contributed by atoms with Gasteiger partial charge >= 0.3 is 0 Å². The normalized spacial score (nSPS) is 11.5. The molecule has 0 bridgehead atoms. The number of carbonyl (C=O) groups is 2. The summed E-state index contributed by atoms with van der Waals surface area (Å²) >= 11 is 0. The summed E-state index contributed by atoms with van der Waals surface area (Å²) in [5.41, 5.74) is 8.31. The van der Waals surface area contributed by atoms with E-state index in [2.05, 4.69) is 15.3 Å². The summed E-state index contributed by atoms with van der Waals surface area (Å²) in [5.74, 6) is 0.797. The molecule has 0 aliphatic carbocycles. The Labute approximate surface area is 227 Å². The zero-order valence-electron chi connectivity index (χ0n) is 22.4. The number of hydrogen-bond donors (Lipinski definition) is 2. The highest BCUT2D eigenvalue weighted by atomic mass is 16.5. The molecular formula is C29H32N4O6. The van der Waals surface area contributed by atoms with Crippen molar-refractivity contribution >= 4 is 23.5 Å². The maximum atomic E-state index is 13.2. The second kappa shape index (κ2) is 14.2. The number of guanidine groups is 1. The zero-order valence-corrected chi connectivity index (χ0v) is 22.4. The maximum absolute atomic E-state index is 13.2. The summed E-state index contributed by atoms with van der Waals surface area (Å²) in [6.45, 7) is 0.155. The molecule has 204 valence electrons. The first-order valence-electron chi connectivity index (χ1n) is 12.1. The van der Waals surface area contributed by atoms with Crippen LogP contribution in [0, 0.1) is 0 Å². The average molecular weight is 533 g/mol. The minimum atomic E-state index is -0.524. The van der Waals surface area contributed by atoms with Crippen LogP contribution in [-0.4, -0.2) is 51.9 Å². The molecule has 39 heavy (non-hydrogen) atoms. The van der Waals surface area contributed by atoms with E-state index in [0.29, 0.717) is 28.6 Å². The summed E-state index contributed by atoms with van der Waals surface area (Å²) in [4.78, 5) is 33.9. The Bertz CT molecular complexity index is 1360. The summed E-state index contributed by atoms with van der Waals surface area (Å²) in [5, 5.41) is 2.84. The predicted molar refractivity (Wildman–Crippen MR) is 149 cm³/mol. The Hall–Kier alpha value is -4.86. The molecule has 10 heteroatoms. The van der Waals surface area contributed by atoms with Gasteiger partial charge < -0.3 is 30.0 Å². The number of aliphatic imine (C=N–C) groups is 2.